The molecule has 1 amide bonds. The predicted molar refractivity (Wildman–Crippen MR) is 115 cm³/mol. The molecule has 2 atom stereocenters. The lowest BCUT2D eigenvalue weighted by Crippen LogP contribution is -2.46. The molecule has 0 bridgehead atoms. The number of hydrogen-bond acceptors (Lipinski definition) is 7. The molecule has 0 spiro atoms. The normalized spacial score (nSPS) is 22.5. The Morgan fingerprint density at radius 3 is 2.77 bits per heavy atom. The summed E-state index contributed by atoms with van der Waals surface area (Å²) >= 11 is 7.77. The van der Waals surface area contributed by atoms with Crippen LogP contribution in [0.4, 0.5) is 0 Å². The van der Waals surface area contributed by atoms with Gasteiger partial charge in [-0.1, -0.05) is 54.1 Å². The Morgan fingerprint density at radius 1 is 1.19 bits per heavy atom. The van der Waals surface area contributed by atoms with Crippen molar-refractivity contribution in [3.63, 3.8) is 0 Å². The zero-order valence-electron chi connectivity index (χ0n) is 16.4. The van der Waals surface area contributed by atoms with Crippen LogP contribution in [0.1, 0.15) is 24.3 Å². The van der Waals surface area contributed by atoms with Gasteiger partial charge in [-0.15, -0.1) is 22.0 Å². The molecule has 0 N–H and O–H groups in total. The first kappa shape index (κ1) is 20.1. The van der Waals surface area contributed by atoms with Gasteiger partial charge >= 0.3 is 5.97 Å². The van der Waals surface area contributed by atoms with Gasteiger partial charge in [0.1, 0.15) is 10.9 Å². The van der Waals surface area contributed by atoms with Crippen molar-refractivity contribution in [1.29, 1.82) is 0 Å². The third-order valence-corrected chi connectivity index (χ3v) is 7.46. The number of nitrogens with zero attached hydrogens (tertiary/aromatic N) is 3. The molecule has 2 aliphatic rings. The first-order chi connectivity index (χ1) is 15.1. The Labute approximate surface area is 187 Å². The number of amides is 1. The van der Waals surface area contributed by atoms with Crippen LogP contribution in [-0.2, 0) is 25.8 Å². The number of thioether (sulfide) groups is 1. The summed E-state index contributed by atoms with van der Waals surface area (Å²) in [4.78, 5) is 26.7. The molecule has 1 aromatic heterocycles. The van der Waals surface area contributed by atoms with Crippen molar-refractivity contribution in [2.24, 2.45) is 0 Å². The second-order valence-electron chi connectivity index (χ2n) is 7.33. The van der Waals surface area contributed by atoms with E-state index in [1.54, 1.807) is 34.9 Å². The van der Waals surface area contributed by atoms with Gasteiger partial charge in [-0.3, -0.25) is 4.79 Å². The van der Waals surface area contributed by atoms with Gasteiger partial charge in [0.2, 0.25) is 11.8 Å². The van der Waals surface area contributed by atoms with E-state index >= 15 is 0 Å². The van der Waals surface area contributed by atoms with Crippen molar-refractivity contribution >= 4 is 35.2 Å². The van der Waals surface area contributed by atoms with Gasteiger partial charge in [0.25, 0.3) is 5.89 Å². The zero-order chi connectivity index (χ0) is 21.4. The standard InChI is InChI=1S/C22H18ClN3O4S/c23-16-9-5-4-8-15(16)20-25-24-18(30-20)12-29-21(28)17-13-31-22(11-10-19(27)26(17)22)14-6-2-1-3-7-14/h1-9,17H,10-13H2/t17-,22+/m0/s1. The quantitative estimate of drug-likeness (QED) is 0.537. The summed E-state index contributed by atoms with van der Waals surface area (Å²) in [5, 5.41) is 8.40. The highest BCUT2D eigenvalue weighted by Crippen LogP contribution is 2.54. The van der Waals surface area contributed by atoms with Gasteiger partial charge in [-0.2, -0.15) is 0 Å². The number of rotatable bonds is 5. The molecule has 3 heterocycles. The van der Waals surface area contributed by atoms with E-state index in [1.807, 2.05) is 36.4 Å². The highest BCUT2D eigenvalue weighted by atomic mass is 35.5. The number of hydrogen-bond donors (Lipinski definition) is 0. The molecular formula is C22H18ClN3O4S. The molecule has 5 rings (SSSR count). The van der Waals surface area contributed by atoms with E-state index in [-0.39, 0.29) is 24.3 Å². The van der Waals surface area contributed by atoms with Crippen LogP contribution in [0, 0.1) is 0 Å². The van der Waals surface area contributed by atoms with E-state index in [0.717, 1.165) is 5.56 Å². The summed E-state index contributed by atoms with van der Waals surface area (Å²) < 4.78 is 11.0. The van der Waals surface area contributed by atoms with Gasteiger partial charge in [-0.25, -0.2) is 4.79 Å². The first-order valence-electron chi connectivity index (χ1n) is 9.84. The van der Waals surface area contributed by atoms with E-state index in [2.05, 4.69) is 10.2 Å². The first-order valence-corrected chi connectivity index (χ1v) is 11.2. The monoisotopic (exact) mass is 455 g/mol. The second-order valence-corrected chi connectivity index (χ2v) is 9.03. The van der Waals surface area contributed by atoms with Gasteiger partial charge in [0.15, 0.2) is 6.61 Å². The zero-order valence-corrected chi connectivity index (χ0v) is 17.9. The van der Waals surface area contributed by atoms with Crippen LogP contribution >= 0.6 is 23.4 Å². The molecule has 2 aliphatic heterocycles. The smallest absolute Gasteiger partial charge is 0.330 e. The number of carbonyl (C=O) groups excluding carboxylic acids is 2. The Bertz CT molecular complexity index is 1140. The SMILES string of the molecule is O=C(OCc1nnc(-c2ccccc2Cl)o1)[C@@H]1CS[C@@]2(c3ccccc3)CCC(=O)N12. The minimum absolute atomic E-state index is 0.0328. The molecule has 3 aromatic rings. The largest absolute Gasteiger partial charge is 0.454 e. The average Bonchev–Trinajstić information content (AvgIpc) is 3.50. The molecule has 0 radical (unpaired) electrons. The Balaban J connectivity index is 1.30. The molecule has 2 saturated heterocycles. The summed E-state index contributed by atoms with van der Waals surface area (Å²) in [6.07, 6.45) is 1.09. The molecule has 2 fully saturated rings. The van der Waals surface area contributed by atoms with E-state index in [4.69, 9.17) is 20.8 Å². The summed E-state index contributed by atoms with van der Waals surface area (Å²) in [5.41, 5.74) is 1.64. The van der Waals surface area contributed by atoms with Crippen molar-refractivity contribution < 1.29 is 18.7 Å². The number of aromatic nitrogens is 2. The van der Waals surface area contributed by atoms with Gasteiger partial charge in [0, 0.05) is 12.2 Å². The number of esters is 1. The molecule has 158 valence electrons. The number of carbonyl (C=O) groups is 2. The summed E-state index contributed by atoms with van der Waals surface area (Å²) in [6, 6.07) is 16.3. The minimum atomic E-state index is -0.647. The van der Waals surface area contributed by atoms with Crippen LogP contribution in [0.15, 0.2) is 59.0 Å². The maximum Gasteiger partial charge on any atom is 0.330 e. The molecule has 31 heavy (non-hydrogen) atoms. The maximum atomic E-state index is 12.9. The molecule has 9 heteroatoms. The van der Waals surface area contributed by atoms with E-state index < -0.39 is 16.9 Å². The van der Waals surface area contributed by atoms with Gasteiger partial charge in [0.05, 0.1) is 10.6 Å². The number of fused-ring (bicyclic) bond motifs is 1. The topological polar surface area (TPSA) is 85.5 Å². The Morgan fingerprint density at radius 2 is 1.97 bits per heavy atom. The second kappa shape index (κ2) is 8.01. The fraction of sp³-hybridized carbons (Fsp3) is 0.273. The summed E-state index contributed by atoms with van der Waals surface area (Å²) in [5.74, 6) is 0.392. The van der Waals surface area contributed by atoms with E-state index in [0.29, 0.717) is 29.2 Å². The Kier molecular flexibility index (Phi) is 5.19. The van der Waals surface area contributed by atoms with Crippen molar-refractivity contribution in [1.82, 2.24) is 15.1 Å². The van der Waals surface area contributed by atoms with Crippen molar-refractivity contribution in [3.8, 4) is 11.5 Å². The molecule has 2 aromatic carbocycles. The fourth-order valence-corrected chi connectivity index (χ4v) is 5.95. The van der Waals surface area contributed by atoms with E-state index in [1.165, 1.54) is 0 Å². The van der Waals surface area contributed by atoms with Gasteiger partial charge in [-0.05, 0) is 24.1 Å². The van der Waals surface area contributed by atoms with Crippen LogP contribution in [0.3, 0.4) is 0 Å². The highest BCUT2D eigenvalue weighted by Gasteiger charge is 2.57. The third-order valence-electron chi connectivity index (χ3n) is 5.53. The van der Waals surface area contributed by atoms with Gasteiger partial charge < -0.3 is 14.1 Å². The van der Waals surface area contributed by atoms with Crippen molar-refractivity contribution in [2.45, 2.75) is 30.4 Å². The van der Waals surface area contributed by atoms with Crippen molar-refractivity contribution in [3.05, 3.63) is 71.1 Å². The number of halogens is 1. The molecule has 7 nitrogen and oxygen atoms in total. The molecule has 0 unspecified atom stereocenters. The summed E-state index contributed by atoms with van der Waals surface area (Å²) in [6.45, 7) is -0.169. The fourth-order valence-electron chi connectivity index (χ4n) is 4.10. The lowest BCUT2D eigenvalue weighted by atomic mass is 10.0. The van der Waals surface area contributed by atoms with Crippen LogP contribution in [-0.4, -0.2) is 38.8 Å². The molecular weight excluding hydrogens is 438 g/mol. The number of ether oxygens (including phenoxy) is 1. The summed E-state index contributed by atoms with van der Waals surface area (Å²) in [7, 11) is 0. The maximum absolute atomic E-state index is 12.9. The highest BCUT2D eigenvalue weighted by molar-refractivity contribution is 8.00. The number of benzene rings is 2. The lowest BCUT2D eigenvalue weighted by molar-refractivity contribution is -0.155. The average molecular weight is 456 g/mol. The van der Waals surface area contributed by atoms with Crippen molar-refractivity contribution in [2.75, 3.05) is 5.75 Å². The van der Waals surface area contributed by atoms with Crippen LogP contribution in [0.5, 0.6) is 0 Å². The third kappa shape index (κ3) is 3.49. The van der Waals surface area contributed by atoms with Crippen LogP contribution in [0.25, 0.3) is 11.5 Å². The Hall–Kier alpha value is -2.84. The predicted octanol–water partition coefficient (Wildman–Crippen LogP) is 4.02. The van der Waals surface area contributed by atoms with Crippen LogP contribution in [0.2, 0.25) is 5.02 Å². The lowest BCUT2D eigenvalue weighted by Gasteiger charge is -2.33. The van der Waals surface area contributed by atoms with E-state index in [9.17, 15) is 9.59 Å². The van der Waals surface area contributed by atoms with Crippen LogP contribution < -0.4 is 0 Å². The minimum Gasteiger partial charge on any atom is -0.454 e. The molecule has 0 aliphatic carbocycles. The molecule has 0 saturated carbocycles.